The smallest absolute Gasteiger partial charge is 0.196 e. The van der Waals surface area contributed by atoms with E-state index in [4.69, 9.17) is 23.7 Å². The second kappa shape index (κ2) is 12.1. The van der Waals surface area contributed by atoms with Gasteiger partial charge < -0.3 is 23.7 Å². The number of hydrogen-bond donors (Lipinski definition) is 0. The Hall–Kier alpha value is -4.14. The van der Waals surface area contributed by atoms with Crippen molar-refractivity contribution in [3.8, 4) is 28.7 Å². The van der Waals surface area contributed by atoms with Crippen molar-refractivity contribution >= 4 is 16.7 Å². The van der Waals surface area contributed by atoms with E-state index < -0.39 is 0 Å². The van der Waals surface area contributed by atoms with Crippen molar-refractivity contribution in [1.29, 1.82) is 0 Å². The van der Waals surface area contributed by atoms with Crippen LogP contribution in [0.5, 0.6) is 28.7 Å². The van der Waals surface area contributed by atoms with Gasteiger partial charge in [0.15, 0.2) is 17.3 Å². The second-order valence-electron chi connectivity index (χ2n) is 9.29. The summed E-state index contributed by atoms with van der Waals surface area (Å²) in [5.41, 5.74) is 2.67. The summed E-state index contributed by atoms with van der Waals surface area (Å²) in [5.74, 6) is 2.76. The average Bonchev–Trinajstić information content (AvgIpc) is 2.98. The van der Waals surface area contributed by atoms with Gasteiger partial charge in [-0.1, -0.05) is 11.6 Å². The fraction of sp³-hybridized carbons (Fsp3) is 0.290. The van der Waals surface area contributed by atoms with E-state index in [0.29, 0.717) is 46.2 Å². The first-order valence-corrected chi connectivity index (χ1v) is 12.9. The molecule has 0 spiro atoms. The first kappa shape index (κ1) is 26.5. The summed E-state index contributed by atoms with van der Waals surface area (Å²) in [5, 5.41) is 0.743. The highest BCUT2D eigenvalue weighted by atomic mass is 16.5. The molecule has 1 aliphatic rings. The number of morpholine rings is 1. The number of carbonyl (C=O) groups excluding carboxylic acids is 1. The molecule has 2 heterocycles. The van der Waals surface area contributed by atoms with Gasteiger partial charge in [0.25, 0.3) is 0 Å². The Kier molecular flexibility index (Phi) is 8.24. The Morgan fingerprint density at radius 3 is 2.38 bits per heavy atom. The number of hydrogen-bond acceptors (Lipinski definition) is 8. The van der Waals surface area contributed by atoms with E-state index in [9.17, 15) is 4.79 Å². The third-order valence-electron chi connectivity index (χ3n) is 6.70. The molecule has 5 rings (SSSR count). The number of fused-ring (bicyclic) bond motifs is 1. The molecule has 0 radical (unpaired) electrons. The Morgan fingerprint density at radius 2 is 1.64 bits per heavy atom. The van der Waals surface area contributed by atoms with E-state index >= 15 is 0 Å². The molecule has 3 aromatic carbocycles. The van der Waals surface area contributed by atoms with Gasteiger partial charge in [0.05, 0.1) is 38.5 Å². The summed E-state index contributed by atoms with van der Waals surface area (Å²) >= 11 is 0. The van der Waals surface area contributed by atoms with Crippen LogP contribution in [0.3, 0.4) is 0 Å². The van der Waals surface area contributed by atoms with Crippen LogP contribution in [-0.2, 0) is 4.74 Å². The molecule has 0 atom stereocenters. The van der Waals surface area contributed by atoms with Gasteiger partial charge in [-0.3, -0.25) is 14.7 Å². The van der Waals surface area contributed by atoms with Crippen LogP contribution in [0.1, 0.15) is 21.5 Å². The molecule has 1 fully saturated rings. The number of nitrogens with zero attached hydrogens (tertiary/aromatic N) is 2. The van der Waals surface area contributed by atoms with Crippen molar-refractivity contribution in [2.45, 2.75) is 6.92 Å². The van der Waals surface area contributed by atoms with Crippen LogP contribution in [0.15, 0.2) is 66.9 Å². The van der Waals surface area contributed by atoms with Crippen molar-refractivity contribution < 1.29 is 28.5 Å². The van der Waals surface area contributed by atoms with Crippen LogP contribution >= 0.6 is 0 Å². The molecule has 1 aliphatic heterocycles. The maximum absolute atomic E-state index is 13.6. The average molecular weight is 529 g/mol. The third-order valence-corrected chi connectivity index (χ3v) is 6.70. The van der Waals surface area contributed by atoms with E-state index in [1.807, 2.05) is 43.3 Å². The van der Waals surface area contributed by atoms with E-state index in [-0.39, 0.29) is 5.78 Å². The SMILES string of the molecule is COc1cc2nccc(Oc3ccc(C)cc3C(=O)c3ccc(OCCN4CCOCC4)cc3)c2cc1OC. The van der Waals surface area contributed by atoms with Crippen molar-refractivity contribution in [2.24, 2.45) is 0 Å². The molecule has 4 aromatic rings. The molecular formula is C31H32N2O6. The quantitative estimate of drug-likeness (QED) is 0.257. The Morgan fingerprint density at radius 1 is 0.897 bits per heavy atom. The number of rotatable bonds is 10. The van der Waals surface area contributed by atoms with Gasteiger partial charge in [-0.2, -0.15) is 0 Å². The highest BCUT2D eigenvalue weighted by Crippen LogP contribution is 2.38. The molecule has 1 saturated heterocycles. The number of benzene rings is 3. The van der Waals surface area contributed by atoms with Crippen LogP contribution in [0.2, 0.25) is 0 Å². The number of carbonyl (C=O) groups is 1. The molecule has 0 amide bonds. The number of pyridine rings is 1. The monoisotopic (exact) mass is 528 g/mol. The summed E-state index contributed by atoms with van der Waals surface area (Å²) in [6, 6.07) is 18.2. The predicted molar refractivity (Wildman–Crippen MR) is 149 cm³/mol. The first-order chi connectivity index (χ1) is 19.1. The lowest BCUT2D eigenvalue weighted by atomic mass is 10.0. The van der Waals surface area contributed by atoms with Gasteiger partial charge >= 0.3 is 0 Å². The van der Waals surface area contributed by atoms with Crippen LogP contribution in [0.25, 0.3) is 10.9 Å². The van der Waals surface area contributed by atoms with Gasteiger partial charge in [0, 0.05) is 42.8 Å². The molecule has 8 nitrogen and oxygen atoms in total. The highest BCUT2D eigenvalue weighted by molar-refractivity contribution is 6.11. The first-order valence-electron chi connectivity index (χ1n) is 12.9. The largest absolute Gasteiger partial charge is 0.493 e. The summed E-state index contributed by atoms with van der Waals surface area (Å²) < 4.78 is 28.5. The number of aryl methyl sites for hydroxylation is 1. The normalized spacial score (nSPS) is 13.7. The third kappa shape index (κ3) is 6.13. The van der Waals surface area contributed by atoms with E-state index in [1.54, 1.807) is 44.7 Å². The summed E-state index contributed by atoms with van der Waals surface area (Å²) in [7, 11) is 3.16. The topological polar surface area (TPSA) is 79.4 Å². The Bertz CT molecular complexity index is 1450. The lowest BCUT2D eigenvalue weighted by Crippen LogP contribution is -2.38. The van der Waals surface area contributed by atoms with Crippen LogP contribution in [0.4, 0.5) is 0 Å². The maximum Gasteiger partial charge on any atom is 0.196 e. The van der Waals surface area contributed by atoms with Gasteiger partial charge in [-0.25, -0.2) is 0 Å². The zero-order valence-electron chi connectivity index (χ0n) is 22.4. The van der Waals surface area contributed by atoms with E-state index in [2.05, 4.69) is 9.88 Å². The van der Waals surface area contributed by atoms with Crippen LogP contribution < -0.4 is 18.9 Å². The molecule has 39 heavy (non-hydrogen) atoms. The lowest BCUT2D eigenvalue weighted by molar-refractivity contribution is 0.0322. The molecule has 0 N–H and O–H groups in total. The summed E-state index contributed by atoms with van der Waals surface area (Å²) in [4.78, 5) is 20.4. The van der Waals surface area contributed by atoms with Gasteiger partial charge in [0.1, 0.15) is 23.9 Å². The highest BCUT2D eigenvalue weighted by Gasteiger charge is 2.18. The number of ketones is 1. The van der Waals surface area contributed by atoms with Crippen LogP contribution in [-0.4, -0.2) is 69.3 Å². The molecule has 0 unspecified atom stereocenters. The zero-order valence-corrected chi connectivity index (χ0v) is 22.4. The minimum absolute atomic E-state index is 0.133. The Labute approximate surface area is 228 Å². The fourth-order valence-corrected chi connectivity index (χ4v) is 4.54. The predicted octanol–water partition coefficient (Wildman–Crippen LogP) is 5.29. The summed E-state index contributed by atoms with van der Waals surface area (Å²) in [6.45, 7) is 6.76. The second-order valence-corrected chi connectivity index (χ2v) is 9.29. The van der Waals surface area contributed by atoms with Gasteiger partial charge in [-0.15, -0.1) is 0 Å². The molecule has 8 heteroatoms. The molecule has 0 aliphatic carbocycles. The summed E-state index contributed by atoms with van der Waals surface area (Å²) in [6.07, 6.45) is 1.66. The lowest BCUT2D eigenvalue weighted by Gasteiger charge is -2.26. The number of ether oxygens (including phenoxy) is 5. The van der Waals surface area contributed by atoms with Crippen molar-refractivity contribution in [1.82, 2.24) is 9.88 Å². The molecule has 202 valence electrons. The minimum atomic E-state index is -0.133. The van der Waals surface area contributed by atoms with Crippen LogP contribution in [0, 0.1) is 6.92 Å². The molecular weight excluding hydrogens is 496 g/mol. The molecule has 0 bridgehead atoms. The van der Waals surface area contributed by atoms with Gasteiger partial charge in [-0.05, 0) is 55.5 Å². The Balaban J connectivity index is 1.35. The van der Waals surface area contributed by atoms with E-state index in [0.717, 1.165) is 49.5 Å². The van der Waals surface area contributed by atoms with Crippen molar-refractivity contribution in [3.63, 3.8) is 0 Å². The fourth-order valence-electron chi connectivity index (χ4n) is 4.54. The molecule has 1 aromatic heterocycles. The number of methoxy groups -OCH3 is 2. The standard InChI is InChI=1S/C31H32N2O6/c1-21-4-9-27(39-28-10-11-32-26-20-30(36-3)29(35-2)19-24(26)28)25(18-21)31(34)22-5-7-23(8-6-22)38-17-14-33-12-15-37-16-13-33/h4-11,18-20H,12-17H2,1-3H3. The van der Waals surface area contributed by atoms with Crippen molar-refractivity contribution in [2.75, 3.05) is 53.7 Å². The molecule has 0 saturated carbocycles. The van der Waals surface area contributed by atoms with E-state index in [1.165, 1.54) is 0 Å². The minimum Gasteiger partial charge on any atom is -0.493 e. The number of aromatic nitrogens is 1. The van der Waals surface area contributed by atoms with Gasteiger partial charge in [0.2, 0.25) is 0 Å². The maximum atomic E-state index is 13.6. The zero-order chi connectivity index (χ0) is 27.2. The van der Waals surface area contributed by atoms with Crippen molar-refractivity contribution in [3.05, 3.63) is 83.6 Å².